The van der Waals surface area contributed by atoms with Gasteiger partial charge in [0.2, 0.25) is 0 Å². The zero-order valence-electron chi connectivity index (χ0n) is 7.90. The van der Waals surface area contributed by atoms with Crippen LogP contribution in [-0.2, 0) is 4.74 Å². The van der Waals surface area contributed by atoms with Gasteiger partial charge >= 0.3 is 5.97 Å². The molecule has 1 aromatic carbocycles. The third-order valence-corrected chi connectivity index (χ3v) is 2.65. The predicted octanol–water partition coefficient (Wildman–Crippen LogP) is 2.18. The number of methoxy groups -OCH3 is 1. The van der Waals surface area contributed by atoms with Crippen molar-refractivity contribution in [2.24, 2.45) is 0 Å². The first-order valence-corrected chi connectivity index (χ1v) is 4.99. The lowest BCUT2D eigenvalue weighted by atomic mass is 10.1. The Kier molecular flexibility index (Phi) is 2.64. The van der Waals surface area contributed by atoms with Gasteiger partial charge in [-0.15, -0.1) is 0 Å². The van der Waals surface area contributed by atoms with Crippen LogP contribution in [0.25, 0.3) is 10.9 Å². The lowest BCUT2D eigenvalue weighted by Crippen LogP contribution is -2.01. The molecule has 0 atom stereocenters. The summed E-state index contributed by atoms with van der Waals surface area (Å²) >= 11 is 3.36. The van der Waals surface area contributed by atoms with Gasteiger partial charge in [-0.05, 0) is 12.1 Å². The number of hydrogen-bond acceptors (Lipinski definition) is 4. The summed E-state index contributed by atoms with van der Waals surface area (Å²) in [6, 6.07) is 3.37. The summed E-state index contributed by atoms with van der Waals surface area (Å²) in [6.07, 6.45) is 3.13. The highest BCUT2D eigenvalue weighted by Crippen LogP contribution is 2.23. The summed E-state index contributed by atoms with van der Waals surface area (Å²) in [5.74, 6) is -0.379. The van der Waals surface area contributed by atoms with Crippen LogP contribution in [0, 0.1) is 0 Å². The van der Waals surface area contributed by atoms with E-state index in [4.69, 9.17) is 0 Å². The van der Waals surface area contributed by atoms with Gasteiger partial charge in [-0.2, -0.15) is 0 Å². The van der Waals surface area contributed by atoms with E-state index in [0.29, 0.717) is 11.1 Å². The number of rotatable bonds is 1. The van der Waals surface area contributed by atoms with E-state index in [1.54, 1.807) is 18.3 Å². The second-order valence-corrected chi connectivity index (χ2v) is 3.76. The molecule has 0 aliphatic heterocycles. The average Bonchev–Trinajstić information content (AvgIpc) is 2.28. The van der Waals surface area contributed by atoms with E-state index < -0.39 is 0 Å². The fraction of sp³-hybridized carbons (Fsp3) is 0.100. The molecule has 0 aliphatic carbocycles. The summed E-state index contributed by atoms with van der Waals surface area (Å²) in [7, 11) is 1.35. The molecule has 0 saturated heterocycles. The Labute approximate surface area is 94.4 Å². The molecule has 2 aromatic rings. The van der Waals surface area contributed by atoms with Crippen LogP contribution in [0.2, 0.25) is 0 Å². The number of halogens is 1. The molecule has 5 heteroatoms. The van der Waals surface area contributed by atoms with Crippen LogP contribution < -0.4 is 0 Å². The molecule has 0 fully saturated rings. The second kappa shape index (κ2) is 3.94. The van der Waals surface area contributed by atoms with Crippen LogP contribution in [0.4, 0.5) is 0 Å². The Hall–Kier alpha value is -1.49. The van der Waals surface area contributed by atoms with Crippen molar-refractivity contribution in [3.63, 3.8) is 0 Å². The minimum Gasteiger partial charge on any atom is -0.465 e. The van der Waals surface area contributed by atoms with E-state index in [1.165, 1.54) is 13.4 Å². The first kappa shape index (κ1) is 10.0. The predicted molar refractivity (Wildman–Crippen MR) is 58.6 cm³/mol. The Morgan fingerprint density at radius 3 is 3.00 bits per heavy atom. The van der Waals surface area contributed by atoms with Gasteiger partial charge in [-0.25, -0.2) is 14.8 Å². The zero-order chi connectivity index (χ0) is 10.8. The van der Waals surface area contributed by atoms with Gasteiger partial charge < -0.3 is 4.74 Å². The molecule has 1 aromatic heterocycles. The number of carbonyl (C=O) groups is 1. The Balaban J connectivity index is 2.67. The summed E-state index contributed by atoms with van der Waals surface area (Å²) in [5, 5.41) is 0.866. The van der Waals surface area contributed by atoms with Crippen molar-refractivity contribution in [2.45, 2.75) is 0 Å². The van der Waals surface area contributed by atoms with E-state index in [2.05, 4.69) is 30.6 Å². The first-order chi connectivity index (χ1) is 7.22. The molecule has 0 radical (unpaired) electrons. The molecular weight excluding hydrogens is 260 g/mol. The Morgan fingerprint density at radius 1 is 1.47 bits per heavy atom. The number of fused-ring (bicyclic) bond motifs is 1. The zero-order valence-corrected chi connectivity index (χ0v) is 9.48. The largest absolute Gasteiger partial charge is 0.465 e. The van der Waals surface area contributed by atoms with Crippen molar-refractivity contribution in [3.8, 4) is 0 Å². The standard InChI is InChI=1S/C10H7BrN2O2/c1-15-10(14)6-2-8(11)7-4-12-5-13-9(7)3-6/h2-5H,1H3. The van der Waals surface area contributed by atoms with Gasteiger partial charge in [0.15, 0.2) is 0 Å². The molecule has 0 amide bonds. The maximum atomic E-state index is 11.3. The van der Waals surface area contributed by atoms with Gasteiger partial charge in [0.25, 0.3) is 0 Å². The van der Waals surface area contributed by atoms with E-state index in [0.717, 1.165) is 9.86 Å². The third kappa shape index (κ3) is 1.83. The minimum absolute atomic E-state index is 0.379. The lowest BCUT2D eigenvalue weighted by molar-refractivity contribution is 0.0601. The number of carbonyl (C=O) groups excluding carboxylic acids is 1. The third-order valence-electron chi connectivity index (χ3n) is 2.00. The topological polar surface area (TPSA) is 52.1 Å². The molecule has 0 bridgehead atoms. The van der Waals surface area contributed by atoms with Crippen LogP contribution in [-0.4, -0.2) is 23.0 Å². The van der Waals surface area contributed by atoms with Gasteiger partial charge in [-0.3, -0.25) is 0 Å². The fourth-order valence-electron chi connectivity index (χ4n) is 1.28. The first-order valence-electron chi connectivity index (χ1n) is 4.20. The molecule has 0 N–H and O–H groups in total. The Morgan fingerprint density at radius 2 is 2.27 bits per heavy atom. The molecule has 1 heterocycles. The fourth-order valence-corrected chi connectivity index (χ4v) is 1.83. The lowest BCUT2D eigenvalue weighted by Gasteiger charge is -2.03. The number of nitrogens with zero attached hydrogens (tertiary/aromatic N) is 2. The number of hydrogen-bond donors (Lipinski definition) is 0. The molecule has 0 unspecified atom stereocenters. The SMILES string of the molecule is COC(=O)c1cc(Br)c2cncnc2c1. The van der Waals surface area contributed by atoms with Crippen molar-refractivity contribution >= 4 is 32.8 Å². The second-order valence-electron chi connectivity index (χ2n) is 2.91. The Bertz CT molecular complexity index is 528. The molecule has 4 nitrogen and oxygen atoms in total. The van der Waals surface area contributed by atoms with Crippen LogP contribution in [0.1, 0.15) is 10.4 Å². The van der Waals surface area contributed by atoms with Gasteiger partial charge in [0, 0.05) is 16.1 Å². The summed E-state index contributed by atoms with van der Waals surface area (Å²) in [6.45, 7) is 0. The molecule has 76 valence electrons. The van der Waals surface area contributed by atoms with Gasteiger partial charge in [0.05, 0.1) is 18.2 Å². The van der Waals surface area contributed by atoms with Crippen molar-refractivity contribution < 1.29 is 9.53 Å². The van der Waals surface area contributed by atoms with Crippen LogP contribution >= 0.6 is 15.9 Å². The smallest absolute Gasteiger partial charge is 0.337 e. The van der Waals surface area contributed by atoms with Crippen molar-refractivity contribution in [1.29, 1.82) is 0 Å². The monoisotopic (exact) mass is 266 g/mol. The van der Waals surface area contributed by atoms with Gasteiger partial charge in [0.1, 0.15) is 6.33 Å². The highest BCUT2D eigenvalue weighted by atomic mass is 79.9. The average molecular weight is 267 g/mol. The van der Waals surface area contributed by atoms with Crippen LogP contribution in [0.3, 0.4) is 0 Å². The molecule has 0 spiro atoms. The number of ether oxygens (including phenoxy) is 1. The van der Waals surface area contributed by atoms with Crippen molar-refractivity contribution in [2.75, 3.05) is 7.11 Å². The van der Waals surface area contributed by atoms with Crippen molar-refractivity contribution in [1.82, 2.24) is 9.97 Å². The number of aromatic nitrogens is 2. The highest BCUT2D eigenvalue weighted by Gasteiger charge is 2.09. The summed E-state index contributed by atoms with van der Waals surface area (Å²) < 4.78 is 5.42. The summed E-state index contributed by atoms with van der Waals surface area (Å²) in [5.41, 5.74) is 1.18. The highest BCUT2D eigenvalue weighted by molar-refractivity contribution is 9.10. The van der Waals surface area contributed by atoms with Crippen LogP contribution in [0.5, 0.6) is 0 Å². The van der Waals surface area contributed by atoms with Crippen molar-refractivity contribution in [3.05, 3.63) is 34.7 Å². The number of benzene rings is 1. The molecule has 0 saturated carbocycles. The number of esters is 1. The van der Waals surface area contributed by atoms with Crippen LogP contribution in [0.15, 0.2) is 29.1 Å². The van der Waals surface area contributed by atoms with Gasteiger partial charge in [-0.1, -0.05) is 15.9 Å². The molecule has 2 rings (SSSR count). The molecular formula is C10H7BrN2O2. The van der Waals surface area contributed by atoms with E-state index in [-0.39, 0.29) is 5.97 Å². The van der Waals surface area contributed by atoms with E-state index >= 15 is 0 Å². The molecule has 0 aliphatic rings. The summed E-state index contributed by atoms with van der Waals surface area (Å²) in [4.78, 5) is 19.3. The maximum absolute atomic E-state index is 11.3. The molecule has 15 heavy (non-hydrogen) atoms. The normalized spacial score (nSPS) is 10.3. The minimum atomic E-state index is -0.379. The quantitative estimate of drug-likeness (QED) is 0.743. The van der Waals surface area contributed by atoms with E-state index in [1.807, 2.05) is 0 Å². The van der Waals surface area contributed by atoms with E-state index in [9.17, 15) is 4.79 Å². The maximum Gasteiger partial charge on any atom is 0.337 e.